The second kappa shape index (κ2) is 7.63. The summed E-state index contributed by atoms with van der Waals surface area (Å²) in [6.07, 6.45) is 3.43. The lowest BCUT2D eigenvalue weighted by Gasteiger charge is -2.31. The third-order valence-electron chi connectivity index (χ3n) is 4.00. The smallest absolute Gasteiger partial charge is 0.0480 e. The summed E-state index contributed by atoms with van der Waals surface area (Å²) >= 11 is 0. The van der Waals surface area contributed by atoms with Crippen molar-refractivity contribution in [3.05, 3.63) is 35.4 Å². The van der Waals surface area contributed by atoms with Crippen molar-refractivity contribution < 1.29 is 4.74 Å². The fraction of sp³-hybridized carbons (Fsp3) is 0.625. The van der Waals surface area contributed by atoms with E-state index >= 15 is 0 Å². The van der Waals surface area contributed by atoms with Crippen molar-refractivity contribution in [1.29, 1.82) is 0 Å². The summed E-state index contributed by atoms with van der Waals surface area (Å²) in [5.74, 6) is 0. The van der Waals surface area contributed by atoms with Crippen molar-refractivity contribution in [3.63, 3.8) is 0 Å². The Morgan fingerprint density at radius 1 is 1.21 bits per heavy atom. The summed E-state index contributed by atoms with van der Waals surface area (Å²) in [7, 11) is 4.25. The molecule has 1 aliphatic heterocycles. The van der Waals surface area contributed by atoms with E-state index in [1.165, 1.54) is 11.1 Å². The first-order valence-corrected chi connectivity index (χ1v) is 7.30. The molecule has 106 valence electrons. The minimum absolute atomic E-state index is 0.672. The zero-order valence-corrected chi connectivity index (χ0v) is 12.2. The van der Waals surface area contributed by atoms with Crippen LogP contribution in [0.25, 0.3) is 0 Å². The van der Waals surface area contributed by atoms with E-state index in [1.54, 1.807) is 0 Å². The Hall–Kier alpha value is -0.900. The number of hydrogen-bond acceptors (Lipinski definition) is 3. The lowest BCUT2D eigenvalue weighted by atomic mass is 10.0. The highest BCUT2D eigenvalue weighted by Crippen LogP contribution is 2.18. The van der Waals surface area contributed by atoms with Crippen LogP contribution in [0.4, 0.5) is 0 Å². The summed E-state index contributed by atoms with van der Waals surface area (Å²) in [5.41, 5.74) is 2.93. The van der Waals surface area contributed by atoms with Gasteiger partial charge < -0.3 is 10.1 Å². The molecule has 19 heavy (non-hydrogen) atoms. The van der Waals surface area contributed by atoms with E-state index in [-0.39, 0.29) is 0 Å². The zero-order valence-electron chi connectivity index (χ0n) is 12.2. The van der Waals surface area contributed by atoms with Crippen LogP contribution < -0.4 is 5.32 Å². The molecule has 1 N–H and O–H groups in total. The van der Waals surface area contributed by atoms with Gasteiger partial charge in [-0.2, -0.15) is 0 Å². The van der Waals surface area contributed by atoms with E-state index in [4.69, 9.17) is 4.74 Å². The van der Waals surface area contributed by atoms with E-state index in [0.717, 1.165) is 45.6 Å². The van der Waals surface area contributed by atoms with Gasteiger partial charge in [0.2, 0.25) is 0 Å². The fourth-order valence-electron chi connectivity index (χ4n) is 2.74. The van der Waals surface area contributed by atoms with Gasteiger partial charge >= 0.3 is 0 Å². The first-order valence-electron chi connectivity index (χ1n) is 7.30. The minimum atomic E-state index is 0.672. The van der Waals surface area contributed by atoms with Crippen LogP contribution in [-0.4, -0.2) is 44.8 Å². The van der Waals surface area contributed by atoms with Crippen molar-refractivity contribution in [1.82, 2.24) is 10.2 Å². The van der Waals surface area contributed by atoms with E-state index in [9.17, 15) is 0 Å². The van der Waals surface area contributed by atoms with Crippen LogP contribution in [-0.2, 0) is 17.7 Å². The first kappa shape index (κ1) is 14.5. The Balaban J connectivity index is 1.96. The molecule has 0 spiro atoms. The predicted molar refractivity (Wildman–Crippen MR) is 79.4 cm³/mol. The molecular formula is C16H26N2O. The van der Waals surface area contributed by atoms with E-state index in [0.29, 0.717) is 6.04 Å². The molecule has 0 unspecified atom stereocenters. The average molecular weight is 262 g/mol. The molecule has 0 amide bonds. The van der Waals surface area contributed by atoms with E-state index in [1.807, 2.05) is 7.05 Å². The van der Waals surface area contributed by atoms with Gasteiger partial charge in [0.25, 0.3) is 0 Å². The Kier molecular flexibility index (Phi) is 5.83. The number of nitrogens with zero attached hydrogens (tertiary/aromatic N) is 1. The van der Waals surface area contributed by atoms with Crippen LogP contribution in [0.15, 0.2) is 24.3 Å². The largest absolute Gasteiger partial charge is 0.381 e. The van der Waals surface area contributed by atoms with Gasteiger partial charge in [0.1, 0.15) is 0 Å². The van der Waals surface area contributed by atoms with Gasteiger partial charge in [-0.25, -0.2) is 0 Å². The number of nitrogens with one attached hydrogen (secondary N) is 1. The Bertz CT molecular complexity index is 375. The maximum absolute atomic E-state index is 5.44. The zero-order chi connectivity index (χ0) is 13.5. The van der Waals surface area contributed by atoms with Crippen LogP contribution in [0.5, 0.6) is 0 Å². The quantitative estimate of drug-likeness (QED) is 0.849. The predicted octanol–water partition coefficient (Wildman–Crippen LogP) is 2.06. The summed E-state index contributed by atoms with van der Waals surface area (Å²) in [5, 5.41) is 3.23. The van der Waals surface area contributed by atoms with Gasteiger partial charge in [0.15, 0.2) is 0 Å². The Labute approximate surface area is 116 Å². The van der Waals surface area contributed by atoms with Crippen LogP contribution >= 0.6 is 0 Å². The molecule has 3 nitrogen and oxygen atoms in total. The highest BCUT2D eigenvalue weighted by molar-refractivity contribution is 5.27. The highest BCUT2D eigenvalue weighted by Gasteiger charge is 2.18. The third kappa shape index (κ3) is 4.30. The topological polar surface area (TPSA) is 24.5 Å². The molecule has 1 heterocycles. The number of ether oxygens (including phenoxy) is 1. The SMILES string of the molecule is CNCCc1ccccc1CN(C)C1CCOCC1. The number of benzene rings is 1. The molecule has 1 saturated heterocycles. The molecule has 2 rings (SSSR count). The molecule has 1 aromatic rings. The summed E-state index contributed by atoms with van der Waals surface area (Å²) in [6, 6.07) is 9.48. The normalized spacial score (nSPS) is 17.0. The van der Waals surface area contributed by atoms with Gasteiger partial charge in [-0.1, -0.05) is 24.3 Å². The van der Waals surface area contributed by atoms with Crippen molar-refractivity contribution in [3.8, 4) is 0 Å². The Morgan fingerprint density at radius 2 is 1.89 bits per heavy atom. The molecule has 1 aromatic carbocycles. The molecule has 3 heteroatoms. The summed E-state index contributed by atoms with van der Waals surface area (Å²) < 4.78 is 5.44. The molecular weight excluding hydrogens is 236 g/mol. The van der Waals surface area contributed by atoms with Gasteiger partial charge in [-0.3, -0.25) is 4.90 Å². The summed E-state index contributed by atoms with van der Waals surface area (Å²) in [6.45, 7) is 3.91. The summed E-state index contributed by atoms with van der Waals surface area (Å²) in [4.78, 5) is 2.49. The maximum atomic E-state index is 5.44. The van der Waals surface area contributed by atoms with Gasteiger partial charge in [-0.15, -0.1) is 0 Å². The number of rotatable bonds is 6. The molecule has 0 aliphatic carbocycles. The van der Waals surface area contributed by atoms with Crippen LogP contribution in [0, 0.1) is 0 Å². The molecule has 0 atom stereocenters. The van der Waals surface area contributed by atoms with Crippen LogP contribution in [0.1, 0.15) is 24.0 Å². The van der Waals surface area contributed by atoms with Crippen LogP contribution in [0.2, 0.25) is 0 Å². The minimum Gasteiger partial charge on any atom is -0.381 e. The standard InChI is InChI=1S/C16H26N2O/c1-17-10-7-14-5-3-4-6-15(14)13-18(2)16-8-11-19-12-9-16/h3-6,16-17H,7-13H2,1-2H3. The monoisotopic (exact) mass is 262 g/mol. The Morgan fingerprint density at radius 3 is 2.58 bits per heavy atom. The fourth-order valence-corrected chi connectivity index (χ4v) is 2.74. The van der Waals surface area contributed by atoms with Crippen LogP contribution in [0.3, 0.4) is 0 Å². The van der Waals surface area contributed by atoms with Crippen molar-refractivity contribution in [2.24, 2.45) is 0 Å². The third-order valence-corrected chi connectivity index (χ3v) is 4.00. The second-order valence-corrected chi connectivity index (χ2v) is 5.38. The maximum Gasteiger partial charge on any atom is 0.0480 e. The van der Waals surface area contributed by atoms with Crippen molar-refractivity contribution in [2.45, 2.75) is 31.8 Å². The molecule has 1 aliphatic rings. The van der Waals surface area contributed by atoms with Crippen molar-refractivity contribution in [2.75, 3.05) is 33.9 Å². The molecule has 0 saturated carbocycles. The molecule has 0 aromatic heterocycles. The lowest BCUT2D eigenvalue weighted by molar-refractivity contribution is 0.0406. The van der Waals surface area contributed by atoms with E-state index < -0.39 is 0 Å². The molecule has 1 fully saturated rings. The van der Waals surface area contributed by atoms with Gasteiger partial charge in [0, 0.05) is 25.8 Å². The van der Waals surface area contributed by atoms with E-state index in [2.05, 4.69) is 41.5 Å². The second-order valence-electron chi connectivity index (χ2n) is 5.38. The molecule has 0 radical (unpaired) electrons. The van der Waals surface area contributed by atoms with Gasteiger partial charge in [0.05, 0.1) is 0 Å². The lowest BCUT2D eigenvalue weighted by Crippen LogP contribution is -2.36. The van der Waals surface area contributed by atoms with Crippen molar-refractivity contribution >= 4 is 0 Å². The number of likely N-dealkylation sites (N-methyl/N-ethyl adjacent to an activating group) is 1. The van der Waals surface area contributed by atoms with Gasteiger partial charge in [-0.05, 0) is 51.0 Å². The average Bonchev–Trinajstić information content (AvgIpc) is 2.47. The first-order chi connectivity index (χ1) is 9.31. The highest BCUT2D eigenvalue weighted by atomic mass is 16.5. The number of hydrogen-bond donors (Lipinski definition) is 1. The molecule has 0 bridgehead atoms.